The molecule has 3 aromatic rings. The van der Waals surface area contributed by atoms with E-state index in [0.717, 1.165) is 25.4 Å². The lowest BCUT2D eigenvalue weighted by Gasteiger charge is -2.04. The summed E-state index contributed by atoms with van der Waals surface area (Å²) in [6, 6.07) is 15.5. The van der Waals surface area contributed by atoms with Gasteiger partial charge in [-0.2, -0.15) is 0 Å². The number of halogens is 2. The van der Waals surface area contributed by atoms with E-state index in [1.807, 2.05) is 48.5 Å². The Balaban J connectivity index is 2.24. The van der Waals surface area contributed by atoms with Crippen LogP contribution in [-0.4, -0.2) is 4.98 Å². The van der Waals surface area contributed by atoms with Gasteiger partial charge in [0.15, 0.2) is 0 Å². The van der Waals surface area contributed by atoms with Crippen LogP contribution in [-0.2, 0) is 0 Å². The number of nitrogens with one attached hydrogen (secondary N) is 1. The molecule has 0 bridgehead atoms. The van der Waals surface area contributed by atoms with E-state index < -0.39 is 0 Å². The number of hydrogen-bond acceptors (Lipinski definition) is 1. The maximum Gasteiger partial charge on any atom is 0.256 e. The number of benzene rings is 2. The molecule has 3 rings (SSSR count). The smallest absolute Gasteiger partial charge is 0.256 e. The second-order valence-electron chi connectivity index (χ2n) is 4.25. The molecule has 2 aromatic carbocycles. The first-order valence-electron chi connectivity index (χ1n) is 5.72. The molecular formula is C15H9Br2NO. The van der Waals surface area contributed by atoms with Crippen molar-refractivity contribution in [1.82, 2.24) is 4.98 Å². The maximum atomic E-state index is 12.1. The fourth-order valence-corrected chi connectivity index (χ4v) is 2.64. The first-order chi connectivity index (χ1) is 9.13. The zero-order valence-electron chi connectivity index (χ0n) is 9.78. The Kier molecular flexibility index (Phi) is 3.29. The van der Waals surface area contributed by atoms with Crippen LogP contribution in [0.2, 0.25) is 0 Å². The van der Waals surface area contributed by atoms with Gasteiger partial charge in [0.25, 0.3) is 5.56 Å². The summed E-state index contributed by atoms with van der Waals surface area (Å²) in [5.41, 5.74) is 2.35. The van der Waals surface area contributed by atoms with E-state index in [-0.39, 0.29) is 5.56 Å². The standard InChI is InChI=1S/C15H9Br2NO/c16-11-4-1-9(2-5-11)13-7-10-3-6-12(17)8-14(10)18-15(13)19/h1-8H,(H,18,19). The zero-order valence-corrected chi connectivity index (χ0v) is 13.0. The van der Waals surface area contributed by atoms with Crippen molar-refractivity contribution >= 4 is 42.8 Å². The molecule has 94 valence electrons. The van der Waals surface area contributed by atoms with Gasteiger partial charge in [-0.1, -0.05) is 50.1 Å². The van der Waals surface area contributed by atoms with E-state index in [1.54, 1.807) is 0 Å². The van der Waals surface area contributed by atoms with Gasteiger partial charge in [-0.15, -0.1) is 0 Å². The fourth-order valence-electron chi connectivity index (χ4n) is 2.02. The summed E-state index contributed by atoms with van der Waals surface area (Å²) in [4.78, 5) is 15.1. The minimum absolute atomic E-state index is 0.0760. The number of fused-ring (bicyclic) bond motifs is 1. The summed E-state index contributed by atoms with van der Waals surface area (Å²) in [7, 11) is 0. The topological polar surface area (TPSA) is 32.9 Å². The van der Waals surface area contributed by atoms with E-state index in [2.05, 4.69) is 36.8 Å². The van der Waals surface area contributed by atoms with Gasteiger partial charge in [0.05, 0.1) is 0 Å². The van der Waals surface area contributed by atoms with Gasteiger partial charge in [-0.05, 0) is 41.3 Å². The minimum Gasteiger partial charge on any atom is -0.321 e. The molecule has 0 aliphatic carbocycles. The molecule has 1 heterocycles. The molecule has 0 fully saturated rings. The van der Waals surface area contributed by atoms with Crippen molar-refractivity contribution in [3.05, 3.63) is 67.8 Å². The number of aromatic nitrogens is 1. The van der Waals surface area contributed by atoms with Gasteiger partial charge < -0.3 is 4.98 Å². The van der Waals surface area contributed by atoms with Gasteiger partial charge in [0.2, 0.25) is 0 Å². The van der Waals surface area contributed by atoms with Crippen molar-refractivity contribution in [2.24, 2.45) is 0 Å². The van der Waals surface area contributed by atoms with E-state index in [4.69, 9.17) is 0 Å². The van der Waals surface area contributed by atoms with Crippen LogP contribution in [0.4, 0.5) is 0 Å². The van der Waals surface area contributed by atoms with Gasteiger partial charge in [-0.3, -0.25) is 4.79 Å². The minimum atomic E-state index is -0.0760. The highest BCUT2D eigenvalue weighted by Gasteiger charge is 2.05. The third-order valence-electron chi connectivity index (χ3n) is 2.96. The first-order valence-corrected chi connectivity index (χ1v) is 7.30. The number of hydrogen-bond donors (Lipinski definition) is 1. The predicted octanol–water partition coefficient (Wildman–Crippen LogP) is 4.72. The predicted molar refractivity (Wildman–Crippen MR) is 85.4 cm³/mol. The summed E-state index contributed by atoms with van der Waals surface area (Å²) in [6.07, 6.45) is 0. The summed E-state index contributed by atoms with van der Waals surface area (Å²) >= 11 is 6.79. The monoisotopic (exact) mass is 377 g/mol. The van der Waals surface area contributed by atoms with Crippen molar-refractivity contribution in [1.29, 1.82) is 0 Å². The molecule has 19 heavy (non-hydrogen) atoms. The molecule has 0 saturated heterocycles. The highest BCUT2D eigenvalue weighted by Crippen LogP contribution is 2.23. The molecule has 0 radical (unpaired) electrons. The van der Waals surface area contributed by atoms with E-state index in [9.17, 15) is 4.79 Å². The van der Waals surface area contributed by atoms with Crippen LogP contribution >= 0.6 is 31.9 Å². The van der Waals surface area contributed by atoms with E-state index in [1.165, 1.54) is 0 Å². The number of H-pyrrole nitrogens is 1. The van der Waals surface area contributed by atoms with Crippen LogP contribution in [0, 0.1) is 0 Å². The average molecular weight is 379 g/mol. The van der Waals surface area contributed by atoms with Crippen LogP contribution in [0.15, 0.2) is 62.3 Å². The van der Waals surface area contributed by atoms with Gasteiger partial charge in [-0.25, -0.2) is 0 Å². The number of pyridine rings is 1. The quantitative estimate of drug-likeness (QED) is 0.652. The lowest BCUT2D eigenvalue weighted by atomic mass is 10.1. The molecule has 0 aliphatic heterocycles. The Hall–Kier alpha value is -1.39. The van der Waals surface area contributed by atoms with Gasteiger partial charge in [0.1, 0.15) is 0 Å². The van der Waals surface area contributed by atoms with Gasteiger partial charge in [0, 0.05) is 20.0 Å². The maximum absolute atomic E-state index is 12.1. The van der Waals surface area contributed by atoms with Crippen molar-refractivity contribution in [2.45, 2.75) is 0 Å². The molecule has 0 atom stereocenters. The van der Waals surface area contributed by atoms with Crippen molar-refractivity contribution in [2.75, 3.05) is 0 Å². The molecule has 0 saturated carbocycles. The van der Waals surface area contributed by atoms with Crippen LogP contribution in [0.3, 0.4) is 0 Å². The van der Waals surface area contributed by atoms with Crippen LogP contribution in [0.1, 0.15) is 0 Å². The number of rotatable bonds is 1. The lowest BCUT2D eigenvalue weighted by molar-refractivity contribution is 1.30. The third-order valence-corrected chi connectivity index (χ3v) is 3.99. The summed E-state index contributed by atoms with van der Waals surface area (Å²) in [6.45, 7) is 0. The molecule has 1 aromatic heterocycles. The largest absolute Gasteiger partial charge is 0.321 e. The Bertz CT molecular complexity index is 806. The van der Waals surface area contributed by atoms with Crippen molar-refractivity contribution in [3.63, 3.8) is 0 Å². The summed E-state index contributed by atoms with van der Waals surface area (Å²) in [5, 5.41) is 1.01. The molecule has 4 heteroatoms. The molecule has 2 nitrogen and oxygen atoms in total. The Labute approximate surface area is 126 Å². The van der Waals surface area contributed by atoms with Gasteiger partial charge >= 0.3 is 0 Å². The molecule has 0 amide bonds. The molecule has 1 N–H and O–H groups in total. The second-order valence-corrected chi connectivity index (χ2v) is 6.08. The second kappa shape index (κ2) is 4.94. The molecule has 0 unspecified atom stereocenters. The van der Waals surface area contributed by atoms with E-state index >= 15 is 0 Å². The fraction of sp³-hybridized carbons (Fsp3) is 0. The SMILES string of the molecule is O=c1[nH]c2cc(Br)ccc2cc1-c1ccc(Br)cc1. The van der Waals surface area contributed by atoms with Crippen LogP contribution < -0.4 is 5.56 Å². The first kappa shape index (κ1) is 12.6. The van der Waals surface area contributed by atoms with E-state index in [0.29, 0.717) is 5.56 Å². The van der Waals surface area contributed by atoms with Crippen molar-refractivity contribution in [3.8, 4) is 11.1 Å². The Morgan fingerprint density at radius 1 is 0.842 bits per heavy atom. The lowest BCUT2D eigenvalue weighted by Crippen LogP contribution is -2.08. The Morgan fingerprint density at radius 2 is 1.53 bits per heavy atom. The van der Waals surface area contributed by atoms with Crippen molar-refractivity contribution < 1.29 is 0 Å². The highest BCUT2D eigenvalue weighted by molar-refractivity contribution is 9.10. The molecular weight excluding hydrogens is 370 g/mol. The highest BCUT2D eigenvalue weighted by atomic mass is 79.9. The summed E-state index contributed by atoms with van der Waals surface area (Å²) in [5.74, 6) is 0. The molecule has 0 aliphatic rings. The zero-order chi connectivity index (χ0) is 13.4. The summed E-state index contributed by atoms with van der Waals surface area (Å²) < 4.78 is 1.95. The number of aromatic amines is 1. The van der Waals surface area contributed by atoms with Crippen LogP contribution in [0.25, 0.3) is 22.0 Å². The average Bonchev–Trinajstić information content (AvgIpc) is 2.39. The normalized spacial score (nSPS) is 10.8. The third kappa shape index (κ3) is 2.51. The molecule has 0 spiro atoms. The Morgan fingerprint density at radius 3 is 2.26 bits per heavy atom. The van der Waals surface area contributed by atoms with Crippen LogP contribution in [0.5, 0.6) is 0 Å².